The zero-order valence-electron chi connectivity index (χ0n) is 11.6. The van der Waals surface area contributed by atoms with Crippen molar-refractivity contribution in [2.45, 2.75) is 19.4 Å². The lowest BCUT2D eigenvalue weighted by atomic mass is 10.1. The quantitative estimate of drug-likeness (QED) is 0.798. The Hall–Kier alpha value is -2.43. The first kappa shape index (κ1) is 13.5. The second-order valence-corrected chi connectivity index (χ2v) is 5.15. The van der Waals surface area contributed by atoms with Crippen LogP contribution in [0.15, 0.2) is 42.5 Å². The van der Waals surface area contributed by atoms with Crippen molar-refractivity contribution < 1.29 is 8.78 Å². The predicted octanol–water partition coefficient (Wildman–Crippen LogP) is 3.70. The lowest BCUT2D eigenvalue weighted by Crippen LogP contribution is -2.11. The lowest BCUT2D eigenvalue weighted by molar-refractivity contribution is 0.563. The summed E-state index contributed by atoms with van der Waals surface area (Å²) in [5.41, 5.74) is 8.27. The molecule has 3 nitrogen and oxygen atoms in total. The van der Waals surface area contributed by atoms with Crippen LogP contribution in [0.3, 0.4) is 0 Å². The van der Waals surface area contributed by atoms with E-state index in [9.17, 15) is 8.78 Å². The Morgan fingerprint density at radius 3 is 2.48 bits per heavy atom. The average Bonchev–Trinajstić information content (AvgIpc) is 2.76. The molecule has 3 rings (SSSR count). The van der Waals surface area contributed by atoms with Gasteiger partial charge in [-0.05, 0) is 49.2 Å². The van der Waals surface area contributed by atoms with Gasteiger partial charge in [0, 0.05) is 6.04 Å². The summed E-state index contributed by atoms with van der Waals surface area (Å²) in [5.74, 6) is -0.232. The predicted molar refractivity (Wildman–Crippen MR) is 78.9 cm³/mol. The second-order valence-electron chi connectivity index (χ2n) is 5.15. The van der Waals surface area contributed by atoms with Crippen LogP contribution in [-0.4, -0.2) is 9.55 Å². The maximum Gasteiger partial charge on any atom is 0.201 e. The maximum absolute atomic E-state index is 13.4. The van der Waals surface area contributed by atoms with Gasteiger partial charge >= 0.3 is 0 Å². The molecule has 0 aliphatic rings. The molecule has 1 heterocycles. The third kappa shape index (κ3) is 2.59. The highest BCUT2D eigenvalue weighted by Crippen LogP contribution is 2.25. The van der Waals surface area contributed by atoms with Crippen LogP contribution in [0, 0.1) is 11.6 Å². The lowest BCUT2D eigenvalue weighted by Gasteiger charge is -2.16. The topological polar surface area (TPSA) is 43.8 Å². The third-order valence-electron chi connectivity index (χ3n) is 3.56. The third-order valence-corrected chi connectivity index (χ3v) is 3.56. The van der Waals surface area contributed by atoms with E-state index in [1.54, 1.807) is 18.2 Å². The molecule has 0 amide bonds. The fraction of sp³-hybridized carbons (Fsp3) is 0.188. The second kappa shape index (κ2) is 5.16. The SMILES string of the molecule is CC(Cc1ccc(F)cc1)n1c(N)nc2ccc(F)cc21. The van der Waals surface area contributed by atoms with E-state index in [1.165, 1.54) is 24.3 Å². The standard InChI is InChI=1S/C16H15F2N3/c1-10(8-11-2-4-12(17)5-3-11)21-15-9-13(18)6-7-14(15)20-16(21)19/h2-7,9-10H,8H2,1H3,(H2,19,20). The fourth-order valence-electron chi connectivity index (χ4n) is 2.60. The number of hydrogen-bond acceptors (Lipinski definition) is 2. The Morgan fingerprint density at radius 2 is 1.76 bits per heavy atom. The molecule has 21 heavy (non-hydrogen) atoms. The van der Waals surface area contributed by atoms with Gasteiger partial charge in [0.05, 0.1) is 11.0 Å². The molecule has 1 atom stereocenters. The smallest absolute Gasteiger partial charge is 0.201 e. The van der Waals surface area contributed by atoms with Gasteiger partial charge in [-0.15, -0.1) is 0 Å². The molecule has 0 bridgehead atoms. The van der Waals surface area contributed by atoms with Gasteiger partial charge in [-0.2, -0.15) is 0 Å². The fourth-order valence-corrected chi connectivity index (χ4v) is 2.60. The number of imidazole rings is 1. The number of anilines is 1. The molecule has 2 N–H and O–H groups in total. The van der Waals surface area contributed by atoms with Crippen molar-refractivity contribution in [1.82, 2.24) is 9.55 Å². The highest BCUT2D eigenvalue weighted by atomic mass is 19.1. The summed E-state index contributed by atoms with van der Waals surface area (Å²) >= 11 is 0. The molecule has 0 fully saturated rings. The molecule has 0 saturated heterocycles. The minimum absolute atomic E-state index is 0.0118. The van der Waals surface area contributed by atoms with Gasteiger partial charge in [0.15, 0.2) is 0 Å². The molecule has 1 aromatic heterocycles. The number of nitrogens with two attached hydrogens (primary N) is 1. The zero-order valence-corrected chi connectivity index (χ0v) is 11.6. The van der Waals surface area contributed by atoms with Gasteiger partial charge in [0.1, 0.15) is 11.6 Å². The van der Waals surface area contributed by atoms with Crippen LogP contribution in [0.5, 0.6) is 0 Å². The molecule has 0 radical (unpaired) electrons. The van der Waals surface area contributed by atoms with Crippen molar-refractivity contribution in [1.29, 1.82) is 0 Å². The van der Waals surface area contributed by atoms with E-state index >= 15 is 0 Å². The summed E-state index contributed by atoms with van der Waals surface area (Å²) < 4.78 is 28.2. The van der Waals surface area contributed by atoms with Gasteiger partial charge < -0.3 is 10.3 Å². The molecule has 3 aromatic rings. The molecular weight excluding hydrogens is 272 g/mol. The monoisotopic (exact) mass is 287 g/mol. The van der Waals surface area contributed by atoms with Gasteiger partial charge in [0.2, 0.25) is 5.95 Å². The molecule has 1 unspecified atom stereocenters. The van der Waals surface area contributed by atoms with Gasteiger partial charge in [-0.1, -0.05) is 12.1 Å². The van der Waals surface area contributed by atoms with E-state index in [0.717, 1.165) is 5.56 Å². The average molecular weight is 287 g/mol. The summed E-state index contributed by atoms with van der Waals surface area (Å²) in [6.07, 6.45) is 0.659. The molecule has 0 saturated carbocycles. The number of rotatable bonds is 3. The summed E-state index contributed by atoms with van der Waals surface area (Å²) in [5, 5.41) is 0. The summed E-state index contributed by atoms with van der Waals surface area (Å²) in [4.78, 5) is 4.25. The van der Waals surface area contributed by atoms with E-state index < -0.39 is 0 Å². The maximum atomic E-state index is 13.4. The molecule has 5 heteroatoms. The van der Waals surface area contributed by atoms with Crippen LogP contribution in [-0.2, 0) is 6.42 Å². The number of aromatic nitrogens is 2. The highest BCUT2D eigenvalue weighted by Gasteiger charge is 2.15. The van der Waals surface area contributed by atoms with Gasteiger partial charge in [-0.25, -0.2) is 13.8 Å². The van der Waals surface area contributed by atoms with Crippen LogP contribution < -0.4 is 5.73 Å². The number of nitrogen functional groups attached to an aromatic ring is 1. The summed E-state index contributed by atoms with van der Waals surface area (Å²) in [6, 6.07) is 10.7. The number of halogens is 2. The first-order chi connectivity index (χ1) is 10.0. The largest absolute Gasteiger partial charge is 0.369 e. The Balaban J connectivity index is 1.97. The van der Waals surface area contributed by atoms with Crippen molar-refractivity contribution in [3.05, 3.63) is 59.7 Å². The first-order valence-electron chi connectivity index (χ1n) is 6.72. The van der Waals surface area contributed by atoms with Crippen LogP contribution in [0.2, 0.25) is 0 Å². The molecule has 2 aromatic carbocycles. The molecule has 0 spiro atoms. The zero-order chi connectivity index (χ0) is 15.0. The van der Waals surface area contributed by atoms with Crippen LogP contribution >= 0.6 is 0 Å². The summed E-state index contributed by atoms with van der Waals surface area (Å²) in [6.45, 7) is 1.98. The van der Waals surface area contributed by atoms with Crippen LogP contribution in [0.1, 0.15) is 18.5 Å². The number of benzene rings is 2. The van der Waals surface area contributed by atoms with E-state index in [1.807, 2.05) is 11.5 Å². The normalized spacial score (nSPS) is 12.7. The minimum Gasteiger partial charge on any atom is -0.369 e. The highest BCUT2D eigenvalue weighted by molar-refractivity contribution is 5.78. The molecule has 0 aliphatic carbocycles. The van der Waals surface area contributed by atoms with E-state index in [4.69, 9.17) is 5.73 Å². The van der Waals surface area contributed by atoms with Gasteiger partial charge in [0.25, 0.3) is 0 Å². The Morgan fingerprint density at radius 1 is 1.10 bits per heavy atom. The molecular formula is C16H15F2N3. The Labute approximate surface area is 121 Å². The Kier molecular flexibility index (Phi) is 3.33. The molecule has 108 valence electrons. The van der Waals surface area contributed by atoms with Crippen molar-refractivity contribution in [2.75, 3.05) is 5.73 Å². The van der Waals surface area contributed by atoms with Gasteiger partial charge in [-0.3, -0.25) is 0 Å². The molecule has 0 aliphatic heterocycles. The van der Waals surface area contributed by atoms with E-state index in [0.29, 0.717) is 23.4 Å². The number of nitrogens with zero attached hydrogens (tertiary/aromatic N) is 2. The first-order valence-corrected chi connectivity index (χ1v) is 6.72. The Bertz CT molecular complexity index is 778. The van der Waals surface area contributed by atoms with E-state index in [2.05, 4.69) is 4.98 Å². The number of fused-ring (bicyclic) bond motifs is 1. The van der Waals surface area contributed by atoms with Crippen molar-refractivity contribution in [3.63, 3.8) is 0 Å². The van der Waals surface area contributed by atoms with Crippen molar-refractivity contribution in [3.8, 4) is 0 Å². The minimum atomic E-state index is -0.322. The van der Waals surface area contributed by atoms with Crippen molar-refractivity contribution in [2.24, 2.45) is 0 Å². The van der Waals surface area contributed by atoms with Crippen LogP contribution in [0.25, 0.3) is 11.0 Å². The summed E-state index contributed by atoms with van der Waals surface area (Å²) in [7, 11) is 0. The van der Waals surface area contributed by atoms with E-state index in [-0.39, 0.29) is 17.7 Å². The van der Waals surface area contributed by atoms with Crippen LogP contribution in [0.4, 0.5) is 14.7 Å². The number of hydrogen-bond donors (Lipinski definition) is 1. The van der Waals surface area contributed by atoms with Crippen molar-refractivity contribution >= 4 is 17.0 Å².